The Morgan fingerprint density at radius 2 is 1.76 bits per heavy atom. The van der Waals surface area contributed by atoms with Gasteiger partial charge in [-0.05, 0) is 37.5 Å². The minimum absolute atomic E-state index is 0.197. The molecule has 1 aromatic heterocycles. The Hall–Kier alpha value is -2.73. The summed E-state index contributed by atoms with van der Waals surface area (Å²) < 4.78 is 26.4. The molecule has 2 aromatic carbocycles. The molecule has 1 aliphatic rings. The highest BCUT2D eigenvalue weighted by atomic mass is 32.2. The topological polar surface area (TPSA) is 64.8 Å². The highest BCUT2D eigenvalue weighted by Crippen LogP contribution is 2.33. The molecule has 0 spiro atoms. The van der Waals surface area contributed by atoms with Gasteiger partial charge in [-0.3, -0.25) is 0 Å². The molecule has 0 amide bonds. The van der Waals surface area contributed by atoms with E-state index in [0.29, 0.717) is 5.69 Å². The lowest BCUT2D eigenvalue weighted by molar-refractivity contribution is 0.577. The van der Waals surface area contributed by atoms with Crippen LogP contribution in [0, 0.1) is 6.92 Å². The Kier molecular flexibility index (Phi) is 3.77. The molecule has 4 rings (SSSR count). The van der Waals surface area contributed by atoms with Gasteiger partial charge in [0.05, 0.1) is 11.1 Å². The summed E-state index contributed by atoms with van der Waals surface area (Å²) in [6, 6.07) is 14.5. The second-order valence-electron chi connectivity index (χ2n) is 6.18. The summed E-state index contributed by atoms with van der Waals surface area (Å²) in [5.74, 6) is 0. The van der Waals surface area contributed by atoms with Crippen molar-refractivity contribution in [2.75, 3.05) is 0 Å². The zero-order valence-electron chi connectivity index (χ0n) is 13.8. The van der Waals surface area contributed by atoms with Gasteiger partial charge in [-0.15, -0.1) is 9.19 Å². The van der Waals surface area contributed by atoms with Crippen LogP contribution in [-0.2, 0) is 10.0 Å². The number of nitrogens with zero attached hydrogens (tertiary/aromatic N) is 3. The maximum absolute atomic E-state index is 12.7. The Balaban J connectivity index is 1.74. The fourth-order valence-electron chi connectivity index (χ4n) is 2.60. The summed E-state index contributed by atoms with van der Waals surface area (Å²) in [6.45, 7) is 1.91. The summed E-state index contributed by atoms with van der Waals surface area (Å²) >= 11 is 0. The maximum atomic E-state index is 12.7. The van der Waals surface area contributed by atoms with E-state index in [4.69, 9.17) is 0 Å². The Morgan fingerprint density at radius 3 is 2.48 bits per heavy atom. The number of rotatable bonds is 4. The lowest BCUT2D eigenvalue weighted by Gasteiger charge is -2.04. The molecule has 3 aromatic rings. The number of aromatic nitrogens is 3. The summed E-state index contributed by atoms with van der Waals surface area (Å²) in [7, 11) is -3.74. The molecule has 0 aliphatic heterocycles. The molecule has 25 heavy (non-hydrogen) atoms. The first-order valence-electron chi connectivity index (χ1n) is 8.07. The molecule has 1 fully saturated rings. The van der Waals surface area contributed by atoms with E-state index in [1.54, 1.807) is 24.3 Å². The van der Waals surface area contributed by atoms with E-state index in [0.717, 1.165) is 33.6 Å². The molecular weight excluding hydrogens is 334 g/mol. The van der Waals surface area contributed by atoms with Gasteiger partial charge in [-0.2, -0.15) is 8.42 Å². The van der Waals surface area contributed by atoms with Crippen molar-refractivity contribution in [2.24, 2.45) is 0 Å². The smallest absolute Gasteiger partial charge is 0.199 e. The van der Waals surface area contributed by atoms with E-state index in [1.165, 1.54) is 11.8 Å². The van der Waals surface area contributed by atoms with Crippen molar-refractivity contribution in [3.8, 4) is 11.3 Å². The van der Waals surface area contributed by atoms with Gasteiger partial charge in [0.15, 0.2) is 0 Å². The Labute approximate surface area is 146 Å². The van der Waals surface area contributed by atoms with Crippen LogP contribution < -0.4 is 0 Å². The van der Waals surface area contributed by atoms with Gasteiger partial charge in [-0.25, -0.2) is 0 Å². The third-order valence-corrected chi connectivity index (χ3v) is 5.71. The molecule has 0 bridgehead atoms. The van der Waals surface area contributed by atoms with Gasteiger partial charge in [0.25, 0.3) is 10.0 Å². The Morgan fingerprint density at radius 1 is 1.04 bits per heavy atom. The first-order valence-corrected chi connectivity index (χ1v) is 9.51. The largest absolute Gasteiger partial charge is 0.284 e. The second kappa shape index (κ2) is 5.97. The lowest BCUT2D eigenvalue weighted by Crippen LogP contribution is -2.13. The Bertz CT molecular complexity index is 1060. The molecule has 0 saturated heterocycles. The molecule has 1 saturated carbocycles. The molecule has 0 atom stereocenters. The van der Waals surface area contributed by atoms with Crippen molar-refractivity contribution in [3.05, 3.63) is 71.4 Å². The van der Waals surface area contributed by atoms with Crippen molar-refractivity contribution in [3.63, 3.8) is 0 Å². The average molecular weight is 351 g/mol. The molecule has 1 heterocycles. The monoisotopic (exact) mass is 351 g/mol. The van der Waals surface area contributed by atoms with Crippen LogP contribution in [0.4, 0.5) is 0 Å². The number of allylic oxidation sites excluding steroid dienone is 1. The van der Waals surface area contributed by atoms with E-state index >= 15 is 0 Å². The zero-order valence-corrected chi connectivity index (χ0v) is 14.6. The van der Waals surface area contributed by atoms with Crippen LogP contribution in [0.1, 0.15) is 24.0 Å². The van der Waals surface area contributed by atoms with Gasteiger partial charge in [-0.1, -0.05) is 58.8 Å². The maximum Gasteiger partial charge on any atom is 0.284 e. The standard InChI is InChI=1S/C19H17N3O2S/c1-14-6-10-17(11-7-14)25(23,24)22-13-19(20-21-22)18-5-3-2-4-16(18)12-15-8-9-15/h2-7,10-13H,8-9H2,1H3. The minimum Gasteiger partial charge on any atom is -0.199 e. The summed E-state index contributed by atoms with van der Waals surface area (Å²) in [6.07, 6.45) is 5.87. The lowest BCUT2D eigenvalue weighted by atomic mass is 10.0. The summed E-state index contributed by atoms with van der Waals surface area (Å²) in [4.78, 5) is 0.197. The van der Waals surface area contributed by atoms with E-state index in [-0.39, 0.29) is 4.90 Å². The fraction of sp³-hybridized carbons (Fsp3) is 0.158. The number of aryl methyl sites for hydroxylation is 1. The second-order valence-corrected chi connectivity index (χ2v) is 7.98. The van der Waals surface area contributed by atoms with E-state index in [9.17, 15) is 8.42 Å². The predicted octanol–water partition coefficient (Wildman–Crippen LogP) is 3.67. The van der Waals surface area contributed by atoms with E-state index in [1.807, 2.05) is 31.2 Å². The van der Waals surface area contributed by atoms with Gasteiger partial charge >= 0.3 is 0 Å². The minimum atomic E-state index is -3.74. The molecule has 0 N–H and O–H groups in total. The van der Waals surface area contributed by atoms with Crippen molar-refractivity contribution in [2.45, 2.75) is 24.7 Å². The first-order chi connectivity index (χ1) is 12.0. The summed E-state index contributed by atoms with van der Waals surface area (Å²) in [5, 5.41) is 7.95. The predicted molar refractivity (Wildman–Crippen MR) is 96.4 cm³/mol. The highest BCUT2D eigenvalue weighted by molar-refractivity contribution is 7.89. The van der Waals surface area contributed by atoms with Crippen LogP contribution in [0.5, 0.6) is 0 Å². The normalized spacial score (nSPS) is 13.7. The van der Waals surface area contributed by atoms with E-state index < -0.39 is 10.0 Å². The molecule has 0 unspecified atom stereocenters. The van der Waals surface area contributed by atoms with Crippen LogP contribution in [-0.4, -0.2) is 22.8 Å². The van der Waals surface area contributed by atoms with Gasteiger partial charge in [0.1, 0.15) is 5.69 Å². The van der Waals surface area contributed by atoms with Gasteiger partial charge in [0.2, 0.25) is 0 Å². The molecule has 6 heteroatoms. The van der Waals surface area contributed by atoms with Crippen molar-refractivity contribution in [1.29, 1.82) is 0 Å². The number of hydrogen-bond acceptors (Lipinski definition) is 4. The van der Waals surface area contributed by atoms with Crippen molar-refractivity contribution >= 4 is 16.1 Å². The zero-order chi connectivity index (χ0) is 17.4. The fourth-order valence-corrected chi connectivity index (χ4v) is 3.67. The molecule has 5 nitrogen and oxygen atoms in total. The third-order valence-electron chi connectivity index (χ3n) is 4.17. The van der Waals surface area contributed by atoms with Crippen LogP contribution in [0.15, 0.2) is 65.2 Å². The van der Waals surface area contributed by atoms with Gasteiger partial charge < -0.3 is 0 Å². The van der Waals surface area contributed by atoms with Crippen LogP contribution in [0.3, 0.4) is 0 Å². The van der Waals surface area contributed by atoms with Crippen molar-refractivity contribution < 1.29 is 8.42 Å². The number of benzene rings is 2. The SMILES string of the molecule is Cc1ccc(S(=O)(=O)n2cc(-c3ccccc3C=C3CC3)nn2)cc1. The third kappa shape index (κ3) is 3.13. The highest BCUT2D eigenvalue weighted by Gasteiger charge is 2.20. The molecule has 0 radical (unpaired) electrons. The van der Waals surface area contributed by atoms with E-state index in [2.05, 4.69) is 16.4 Å². The van der Waals surface area contributed by atoms with Crippen molar-refractivity contribution in [1.82, 2.24) is 14.4 Å². The van der Waals surface area contributed by atoms with Gasteiger partial charge in [0, 0.05) is 5.56 Å². The molecule has 1 aliphatic carbocycles. The quantitative estimate of drug-likeness (QED) is 0.719. The van der Waals surface area contributed by atoms with Crippen LogP contribution in [0.2, 0.25) is 0 Å². The number of hydrogen-bond donors (Lipinski definition) is 0. The molecule has 126 valence electrons. The molecular formula is C19H17N3O2S. The average Bonchev–Trinajstić information content (AvgIpc) is 3.27. The summed E-state index contributed by atoms with van der Waals surface area (Å²) in [5.41, 5.74) is 4.86. The van der Waals surface area contributed by atoms with Crippen LogP contribution in [0.25, 0.3) is 17.3 Å². The first kappa shape index (κ1) is 15.8. The van der Waals surface area contributed by atoms with Crippen LogP contribution >= 0.6 is 0 Å².